The summed E-state index contributed by atoms with van der Waals surface area (Å²) in [5.41, 5.74) is 2.62. The fourth-order valence-electron chi connectivity index (χ4n) is 3.11. The molecule has 0 unspecified atom stereocenters. The maximum Gasteiger partial charge on any atom is 0.175 e. The molecule has 0 aliphatic heterocycles. The summed E-state index contributed by atoms with van der Waals surface area (Å²) in [4.78, 5) is 0.388. The zero-order chi connectivity index (χ0) is 16.3. The van der Waals surface area contributed by atoms with Crippen molar-refractivity contribution in [2.24, 2.45) is 0 Å². The number of sulfone groups is 1. The van der Waals surface area contributed by atoms with Gasteiger partial charge < -0.3 is 5.32 Å². The van der Waals surface area contributed by atoms with E-state index >= 15 is 0 Å². The first-order chi connectivity index (χ1) is 11.0. The van der Waals surface area contributed by atoms with E-state index in [4.69, 9.17) is 0 Å². The lowest BCUT2D eigenvalue weighted by molar-refractivity contribution is 0.293. The topological polar surface area (TPSA) is 46.2 Å². The van der Waals surface area contributed by atoms with E-state index in [0.717, 1.165) is 13.0 Å². The SMILES string of the molecule is CS(=O)(=O)c1ccc(CCNC2CC(c3ccccc3)C2)cc1. The van der Waals surface area contributed by atoms with Gasteiger partial charge in [0.2, 0.25) is 0 Å². The van der Waals surface area contributed by atoms with Crippen molar-refractivity contribution in [1.29, 1.82) is 0 Å². The minimum atomic E-state index is -3.10. The Morgan fingerprint density at radius 1 is 1.00 bits per heavy atom. The molecule has 0 saturated heterocycles. The average Bonchev–Trinajstić information content (AvgIpc) is 2.50. The van der Waals surface area contributed by atoms with E-state index in [-0.39, 0.29) is 0 Å². The molecule has 4 heteroatoms. The van der Waals surface area contributed by atoms with E-state index in [1.165, 1.54) is 30.2 Å². The molecule has 1 N–H and O–H groups in total. The summed E-state index contributed by atoms with van der Waals surface area (Å²) in [5, 5.41) is 3.59. The van der Waals surface area contributed by atoms with Crippen molar-refractivity contribution in [3.63, 3.8) is 0 Å². The molecule has 1 fully saturated rings. The van der Waals surface area contributed by atoms with Crippen molar-refractivity contribution < 1.29 is 8.42 Å². The molecule has 0 amide bonds. The Labute approximate surface area is 138 Å². The molecule has 1 aliphatic carbocycles. The number of hydrogen-bond donors (Lipinski definition) is 1. The molecule has 0 atom stereocenters. The van der Waals surface area contributed by atoms with Crippen LogP contribution in [0.25, 0.3) is 0 Å². The van der Waals surface area contributed by atoms with E-state index in [9.17, 15) is 8.42 Å². The molecule has 0 bridgehead atoms. The van der Waals surface area contributed by atoms with Gasteiger partial charge in [-0.2, -0.15) is 0 Å². The molecule has 0 heterocycles. The van der Waals surface area contributed by atoms with Gasteiger partial charge in [0.05, 0.1) is 4.90 Å². The summed E-state index contributed by atoms with van der Waals surface area (Å²) >= 11 is 0. The predicted molar refractivity (Wildman–Crippen MR) is 93.5 cm³/mol. The highest BCUT2D eigenvalue weighted by Gasteiger charge is 2.29. The van der Waals surface area contributed by atoms with E-state index in [0.29, 0.717) is 16.9 Å². The minimum absolute atomic E-state index is 0.388. The molecule has 23 heavy (non-hydrogen) atoms. The summed E-state index contributed by atoms with van der Waals surface area (Å²) in [7, 11) is -3.10. The molecule has 2 aromatic carbocycles. The van der Waals surface area contributed by atoms with Gasteiger partial charge in [0, 0.05) is 12.3 Å². The Balaban J connectivity index is 1.41. The van der Waals surface area contributed by atoms with E-state index in [1.807, 2.05) is 12.1 Å². The summed E-state index contributed by atoms with van der Waals surface area (Å²) in [5.74, 6) is 0.697. The minimum Gasteiger partial charge on any atom is -0.314 e. The van der Waals surface area contributed by atoms with Gasteiger partial charge in [0.25, 0.3) is 0 Å². The summed E-state index contributed by atoms with van der Waals surface area (Å²) in [6.45, 7) is 0.935. The third-order valence-corrected chi connectivity index (χ3v) is 5.74. The number of rotatable bonds is 6. The summed E-state index contributed by atoms with van der Waals surface area (Å²) in [6.07, 6.45) is 4.58. The lowest BCUT2D eigenvalue weighted by Gasteiger charge is -2.36. The zero-order valence-corrected chi connectivity index (χ0v) is 14.2. The van der Waals surface area contributed by atoms with Gasteiger partial charge in [0.1, 0.15) is 0 Å². The highest BCUT2D eigenvalue weighted by atomic mass is 32.2. The highest BCUT2D eigenvalue weighted by molar-refractivity contribution is 7.90. The Morgan fingerprint density at radius 3 is 2.26 bits per heavy atom. The van der Waals surface area contributed by atoms with Crippen LogP contribution in [0.3, 0.4) is 0 Å². The van der Waals surface area contributed by atoms with Crippen molar-refractivity contribution >= 4 is 9.84 Å². The maximum atomic E-state index is 11.4. The van der Waals surface area contributed by atoms with Crippen molar-refractivity contribution in [3.05, 3.63) is 65.7 Å². The van der Waals surface area contributed by atoms with Crippen LogP contribution >= 0.6 is 0 Å². The molecular formula is C19H23NO2S. The van der Waals surface area contributed by atoms with E-state index < -0.39 is 9.84 Å². The molecule has 122 valence electrons. The Bertz CT molecular complexity index is 733. The lowest BCUT2D eigenvalue weighted by Crippen LogP contribution is -2.40. The third-order valence-electron chi connectivity index (χ3n) is 4.61. The molecular weight excluding hydrogens is 306 g/mol. The second-order valence-corrected chi connectivity index (χ2v) is 8.41. The normalized spacial score (nSPS) is 20.9. The monoisotopic (exact) mass is 329 g/mol. The second kappa shape index (κ2) is 6.85. The molecule has 1 saturated carbocycles. The molecule has 2 aromatic rings. The van der Waals surface area contributed by atoms with Gasteiger partial charge in [-0.3, -0.25) is 0 Å². The standard InChI is InChI=1S/C19H23NO2S/c1-23(21,22)19-9-7-15(8-10-19)11-12-20-18-13-17(14-18)16-5-3-2-4-6-16/h2-10,17-18,20H,11-14H2,1H3. The van der Waals surface area contributed by atoms with Crippen LogP contribution in [0.2, 0.25) is 0 Å². The lowest BCUT2D eigenvalue weighted by atomic mass is 9.76. The van der Waals surface area contributed by atoms with Crippen LogP contribution in [0.15, 0.2) is 59.5 Å². The average molecular weight is 329 g/mol. The second-order valence-electron chi connectivity index (χ2n) is 6.40. The van der Waals surface area contributed by atoms with Gasteiger partial charge >= 0.3 is 0 Å². The van der Waals surface area contributed by atoms with Crippen LogP contribution in [0.5, 0.6) is 0 Å². The Hall–Kier alpha value is -1.65. The van der Waals surface area contributed by atoms with E-state index in [1.54, 1.807) is 12.1 Å². The largest absolute Gasteiger partial charge is 0.314 e. The molecule has 0 radical (unpaired) electrons. The fraction of sp³-hybridized carbons (Fsp3) is 0.368. The summed E-state index contributed by atoms with van der Waals surface area (Å²) in [6, 6.07) is 18.5. The number of nitrogens with one attached hydrogen (secondary N) is 1. The van der Waals surface area contributed by atoms with Gasteiger partial charge in [0.15, 0.2) is 9.84 Å². The quantitative estimate of drug-likeness (QED) is 0.885. The Morgan fingerprint density at radius 2 is 1.65 bits per heavy atom. The smallest absolute Gasteiger partial charge is 0.175 e. The Kier molecular flexibility index (Phi) is 4.83. The predicted octanol–water partition coefficient (Wildman–Crippen LogP) is 3.17. The first-order valence-corrected chi connectivity index (χ1v) is 9.99. The van der Waals surface area contributed by atoms with Crippen molar-refractivity contribution in [1.82, 2.24) is 5.32 Å². The van der Waals surface area contributed by atoms with Gasteiger partial charge in [-0.15, -0.1) is 0 Å². The van der Waals surface area contributed by atoms with Gasteiger partial charge in [-0.05, 0) is 55.0 Å². The van der Waals surface area contributed by atoms with Crippen molar-refractivity contribution in [3.8, 4) is 0 Å². The van der Waals surface area contributed by atoms with Crippen molar-refractivity contribution in [2.45, 2.75) is 36.1 Å². The first-order valence-electron chi connectivity index (χ1n) is 8.10. The summed E-state index contributed by atoms with van der Waals surface area (Å²) < 4.78 is 22.9. The van der Waals surface area contributed by atoms with Crippen LogP contribution in [0.1, 0.15) is 29.9 Å². The zero-order valence-electron chi connectivity index (χ0n) is 13.4. The highest BCUT2D eigenvalue weighted by Crippen LogP contribution is 2.36. The molecule has 3 rings (SSSR count). The molecule has 3 nitrogen and oxygen atoms in total. The van der Waals surface area contributed by atoms with E-state index in [2.05, 4.69) is 35.6 Å². The first kappa shape index (κ1) is 16.2. The van der Waals surface area contributed by atoms with Crippen LogP contribution in [0.4, 0.5) is 0 Å². The third kappa shape index (κ3) is 4.21. The maximum absolute atomic E-state index is 11.4. The number of benzene rings is 2. The van der Waals surface area contributed by atoms with Crippen LogP contribution in [-0.4, -0.2) is 27.3 Å². The molecule has 0 spiro atoms. The number of hydrogen-bond acceptors (Lipinski definition) is 3. The van der Waals surface area contributed by atoms with Crippen LogP contribution in [0, 0.1) is 0 Å². The fourth-order valence-corrected chi connectivity index (χ4v) is 3.74. The molecule has 1 aliphatic rings. The molecule has 0 aromatic heterocycles. The van der Waals surface area contributed by atoms with Crippen molar-refractivity contribution in [2.75, 3.05) is 12.8 Å². The van der Waals surface area contributed by atoms with Crippen LogP contribution in [-0.2, 0) is 16.3 Å². The van der Waals surface area contributed by atoms with Crippen LogP contribution < -0.4 is 5.32 Å². The van der Waals surface area contributed by atoms with Gasteiger partial charge in [-0.1, -0.05) is 42.5 Å². The van der Waals surface area contributed by atoms with Gasteiger partial charge in [-0.25, -0.2) is 8.42 Å².